The van der Waals surface area contributed by atoms with Gasteiger partial charge in [0.1, 0.15) is 0 Å². The van der Waals surface area contributed by atoms with E-state index in [0.29, 0.717) is 5.92 Å². The van der Waals surface area contributed by atoms with Crippen molar-refractivity contribution in [2.24, 2.45) is 0 Å². The minimum Gasteiger partial charge on any atom is -0.255 e. The maximum Gasteiger partial charge on any atom is 0.0811 e. The molecule has 0 N–H and O–H groups in total. The van der Waals surface area contributed by atoms with Gasteiger partial charge in [0, 0.05) is 21.8 Å². The smallest absolute Gasteiger partial charge is 0.0811 e. The average molecular weight is 177 g/mol. The van der Waals surface area contributed by atoms with Gasteiger partial charge >= 0.3 is 0 Å². The molecule has 0 unspecified atom stereocenters. The standard InChI is InChI=1S/C10H11NS/c1-7(2)10-8-4-3-5-11-9(8)6-12-10/h3-7H,1-2H3. The molecule has 0 spiro atoms. The number of fused-ring (bicyclic) bond motifs is 1. The second-order valence-corrected chi connectivity index (χ2v) is 4.10. The van der Waals surface area contributed by atoms with E-state index in [4.69, 9.17) is 0 Å². The molecule has 0 saturated heterocycles. The van der Waals surface area contributed by atoms with Crippen LogP contribution in [0.5, 0.6) is 0 Å². The lowest BCUT2D eigenvalue weighted by molar-refractivity contribution is 0.897. The van der Waals surface area contributed by atoms with E-state index >= 15 is 0 Å². The summed E-state index contributed by atoms with van der Waals surface area (Å²) in [5.74, 6) is 0.608. The maximum absolute atomic E-state index is 4.29. The van der Waals surface area contributed by atoms with E-state index < -0.39 is 0 Å². The predicted octanol–water partition coefficient (Wildman–Crippen LogP) is 3.42. The van der Waals surface area contributed by atoms with Gasteiger partial charge in [0.2, 0.25) is 0 Å². The Hall–Kier alpha value is -0.890. The van der Waals surface area contributed by atoms with Gasteiger partial charge in [0.05, 0.1) is 5.52 Å². The fourth-order valence-corrected chi connectivity index (χ4v) is 2.35. The highest BCUT2D eigenvalue weighted by molar-refractivity contribution is 7.11. The maximum atomic E-state index is 4.29. The van der Waals surface area contributed by atoms with Crippen molar-refractivity contribution in [2.45, 2.75) is 19.8 Å². The van der Waals surface area contributed by atoms with Gasteiger partial charge in [-0.3, -0.25) is 4.98 Å². The number of nitrogens with zero attached hydrogens (tertiary/aromatic N) is 1. The molecule has 2 aromatic heterocycles. The van der Waals surface area contributed by atoms with Crippen molar-refractivity contribution in [3.8, 4) is 0 Å². The number of thiophene rings is 1. The first-order chi connectivity index (χ1) is 5.79. The van der Waals surface area contributed by atoms with Crippen LogP contribution in [0.1, 0.15) is 24.6 Å². The molecule has 0 aliphatic rings. The van der Waals surface area contributed by atoms with E-state index in [1.54, 1.807) is 0 Å². The molecule has 2 heteroatoms. The molecule has 0 aliphatic carbocycles. The largest absolute Gasteiger partial charge is 0.255 e. The number of hydrogen-bond acceptors (Lipinski definition) is 2. The van der Waals surface area contributed by atoms with Crippen molar-refractivity contribution >= 4 is 22.2 Å². The Morgan fingerprint density at radius 1 is 1.42 bits per heavy atom. The Kier molecular flexibility index (Phi) is 1.85. The van der Waals surface area contributed by atoms with Crippen molar-refractivity contribution in [1.82, 2.24) is 4.98 Å². The van der Waals surface area contributed by atoms with Gasteiger partial charge in [-0.15, -0.1) is 11.3 Å². The van der Waals surface area contributed by atoms with Crippen molar-refractivity contribution < 1.29 is 0 Å². The third-order valence-corrected chi connectivity index (χ3v) is 3.21. The molecule has 0 aliphatic heterocycles. The lowest BCUT2D eigenvalue weighted by Crippen LogP contribution is -1.81. The quantitative estimate of drug-likeness (QED) is 0.650. The lowest BCUT2D eigenvalue weighted by Gasteiger charge is -2.00. The van der Waals surface area contributed by atoms with Crippen molar-refractivity contribution in [1.29, 1.82) is 0 Å². The van der Waals surface area contributed by atoms with Crippen LogP contribution >= 0.6 is 11.3 Å². The van der Waals surface area contributed by atoms with Crippen molar-refractivity contribution in [3.05, 3.63) is 28.6 Å². The Morgan fingerprint density at radius 2 is 2.25 bits per heavy atom. The second-order valence-electron chi connectivity index (χ2n) is 3.19. The van der Waals surface area contributed by atoms with E-state index in [2.05, 4.69) is 30.3 Å². The monoisotopic (exact) mass is 177 g/mol. The van der Waals surface area contributed by atoms with Crippen LogP contribution in [-0.2, 0) is 0 Å². The summed E-state index contributed by atoms with van der Waals surface area (Å²) in [4.78, 5) is 5.74. The summed E-state index contributed by atoms with van der Waals surface area (Å²) in [7, 11) is 0. The van der Waals surface area contributed by atoms with Crippen LogP contribution in [0, 0.1) is 0 Å². The molecule has 2 aromatic rings. The highest BCUT2D eigenvalue weighted by Crippen LogP contribution is 2.29. The van der Waals surface area contributed by atoms with Gasteiger partial charge in [-0.05, 0) is 12.0 Å². The van der Waals surface area contributed by atoms with Crippen molar-refractivity contribution in [3.63, 3.8) is 0 Å². The van der Waals surface area contributed by atoms with Gasteiger partial charge in [0.25, 0.3) is 0 Å². The molecule has 0 saturated carbocycles. The van der Waals surface area contributed by atoms with Gasteiger partial charge in [0.15, 0.2) is 0 Å². The molecule has 0 radical (unpaired) electrons. The molecule has 0 bridgehead atoms. The molecular weight excluding hydrogens is 166 g/mol. The van der Waals surface area contributed by atoms with Crippen LogP contribution in [0.2, 0.25) is 0 Å². The van der Waals surface area contributed by atoms with Gasteiger partial charge in [-0.25, -0.2) is 0 Å². The Morgan fingerprint density at radius 3 is 3.00 bits per heavy atom. The Bertz CT molecular complexity index is 389. The summed E-state index contributed by atoms with van der Waals surface area (Å²) < 4.78 is 0. The fraction of sp³-hybridized carbons (Fsp3) is 0.300. The van der Waals surface area contributed by atoms with E-state index in [0.717, 1.165) is 5.52 Å². The van der Waals surface area contributed by atoms with E-state index in [1.807, 2.05) is 23.6 Å². The molecule has 62 valence electrons. The SMILES string of the molecule is CC(C)c1scc2ncccc12. The zero-order valence-corrected chi connectivity index (χ0v) is 8.06. The molecular formula is C10H11NS. The van der Waals surface area contributed by atoms with Crippen LogP contribution in [-0.4, -0.2) is 4.98 Å². The molecule has 1 nitrogen and oxygen atoms in total. The third kappa shape index (κ3) is 1.12. The zero-order chi connectivity index (χ0) is 8.55. The molecule has 0 atom stereocenters. The molecule has 12 heavy (non-hydrogen) atoms. The summed E-state index contributed by atoms with van der Waals surface area (Å²) in [6.45, 7) is 4.44. The van der Waals surface area contributed by atoms with Gasteiger partial charge in [-0.1, -0.05) is 19.9 Å². The first kappa shape index (κ1) is 7.74. The fourth-order valence-electron chi connectivity index (χ4n) is 1.35. The Labute approximate surface area is 76.1 Å². The highest BCUT2D eigenvalue weighted by Gasteiger charge is 2.06. The van der Waals surface area contributed by atoms with E-state index in [1.165, 1.54) is 10.3 Å². The number of pyridine rings is 1. The normalized spacial score (nSPS) is 11.2. The minimum atomic E-state index is 0.608. The van der Waals surface area contributed by atoms with Gasteiger partial charge in [-0.2, -0.15) is 0 Å². The number of hydrogen-bond donors (Lipinski definition) is 0. The van der Waals surface area contributed by atoms with Crippen LogP contribution < -0.4 is 0 Å². The van der Waals surface area contributed by atoms with Crippen LogP contribution in [0.15, 0.2) is 23.7 Å². The highest BCUT2D eigenvalue weighted by atomic mass is 32.1. The minimum absolute atomic E-state index is 0.608. The lowest BCUT2D eigenvalue weighted by atomic mass is 10.1. The number of rotatable bonds is 1. The first-order valence-electron chi connectivity index (χ1n) is 4.11. The molecule has 0 aromatic carbocycles. The zero-order valence-electron chi connectivity index (χ0n) is 7.24. The molecule has 0 amide bonds. The summed E-state index contributed by atoms with van der Waals surface area (Å²) in [5.41, 5.74) is 1.13. The van der Waals surface area contributed by atoms with Crippen LogP contribution in [0.25, 0.3) is 10.9 Å². The van der Waals surface area contributed by atoms with Crippen molar-refractivity contribution in [2.75, 3.05) is 0 Å². The molecule has 0 fully saturated rings. The summed E-state index contributed by atoms with van der Waals surface area (Å²) in [5, 5.41) is 3.45. The average Bonchev–Trinajstić information content (AvgIpc) is 2.47. The van der Waals surface area contributed by atoms with E-state index in [-0.39, 0.29) is 0 Å². The topological polar surface area (TPSA) is 12.9 Å². The first-order valence-corrected chi connectivity index (χ1v) is 4.99. The summed E-state index contributed by atoms with van der Waals surface area (Å²) in [6.07, 6.45) is 1.85. The Balaban J connectivity index is 2.70. The summed E-state index contributed by atoms with van der Waals surface area (Å²) in [6, 6.07) is 4.15. The molecule has 2 rings (SSSR count). The van der Waals surface area contributed by atoms with E-state index in [9.17, 15) is 0 Å². The van der Waals surface area contributed by atoms with Crippen LogP contribution in [0.3, 0.4) is 0 Å². The number of aromatic nitrogens is 1. The third-order valence-electron chi connectivity index (χ3n) is 1.93. The van der Waals surface area contributed by atoms with Gasteiger partial charge < -0.3 is 0 Å². The predicted molar refractivity (Wildman–Crippen MR) is 53.7 cm³/mol. The summed E-state index contributed by atoms with van der Waals surface area (Å²) >= 11 is 1.81. The molecule has 2 heterocycles. The second kappa shape index (κ2) is 2.87. The van der Waals surface area contributed by atoms with Crippen LogP contribution in [0.4, 0.5) is 0 Å².